The molecule has 0 saturated heterocycles. The standard InChI is InChI=1S/C53H36N2/c1-6-18-37(19-7-1)41-34-42(38-20-8-2-9-21-38)36-43(35-41)46-29-16-24-39-32-33-48-51(50(39)46)47-30-17-31-49(53(47)54-52(48)40-22-10-3-11-23-40)55(44-25-12-4-13-26-44)45-27-14-5-15-28-45/h1-36H. The molecule has 258 valence electrons. The first-order valence-electron chi connectivity index (χ1n) is 18.8. The van der Waals surface area contributed by atoms with Crippen LogP contribution in [-0.2, 0) is 0 Å². The number of nitrogens with zero attached hydrogens (tertiary/aromatic N) is 2. The topological polar surface area (TPSA) is 16.1 Å². The predicted molar refractivity (Wildman–Crippen MR) is 233 cm³/mol. The van der Waals surface area contributed by atoms with Crippen molar-refractivity contribution in [2.75, 3.05) is 4.90 Å². The van der Waals surface area contributed by atoms with E-state index in [0.717, 1.165) is 44.6 Å². The molecule has 10 aromatic rings. The summed E-state index contributed by atoms with van der Waals surface area (Å²) >= 11 is 0. The average molecular weight is 701 g/mol. The lowest BCUT2D eigenvalue weighted by Crippen LogP contribution is -2.11. The number of rotatable bonds is 7. The van der Waals surface area contributed by atoms with Crippen LogP contribution in [0.3, 0.4) is 0 Å². The molecule has 2 nitrogen and oxygen atoms in total. The van der Waals surface area contributed by atoms with Gasteiger partial charge in [-0.2, -0.15) is 0 Å². The molecule has 55 heavy (non-hydrogen) atoms. The Labute approximate surface area is 321 Å². The summed E-state index contributed by atoms with van der Waals surface area (Å²) in [5.74, 6) is 0. The summed E-state index contributed by atoms with van der Waals surface area (Å²) < 4.78 is 0. The fraction of sp³-hybridized carbons (Fsp3) is 0. The Morgan fingerprint density at radius 3 is 1.42 bits per heavy atom. The summed E-state index contributed by atoms with van der Waals surface area (Å²) in [4.78, 5) is 7.95. The Morgan fingerprint density at radius 2 is 0.836 bits per heavy atom. The Kier molecular flexibility index (Phi) is 8.20. The Morgan fingerprint density at radius 1 is 0.327 bits per heavy atom. The van der Waals surface area contributed by atoms with Gasteiger partial charge in [0.25, 0.3) is 0 Å². The molecule has 1 heterocycles. The van der Waals surface area contributed by atoms with Crippen molar-refractivity contribution in [2.45, 2.75) is 0 Å². The van der Waals surface area contributed by atoms with E-state index < -0.39 is 0 Å². The number of para-hydroxylation sites is 3. The van der Waals surface area contributed by atoms with E-state index in [9.17, 15) is 0 Å². The zero-order valence-corrected chi connectivity index (χ0v) is 30.2. The highest BCUT2D eigenvalue weighted by atomic mass is 15.1. The number of fused-ring (bicyclic) bond motifs is 5. The SMILES string of the molecule is c1ccc(-c2cc(-c3ccccc3)cc(-c3cccc4ccc5c(-c6ccccc6)nc6c(N(c7ccccc7)c7ccccc7)cccc6c5c34)c2)cc1. The van der Waals surface area contributed by atoms with E-state index in [-0.39, 0.29) is 0 Å². The summed E-state index contributed by atoms with van der Waals surface area (Å²) in [6, 6.07) is 78.2. The largest absolute Gasteiger partial charge is 0.308 e. The molecular weight excluding hydrogens is 665 g/mol. The van der Waals surface area contributed by atoms with Crippen LogP contribution >= 0.6 is 0 Å². The first-order chi connectivity index (χ1) is 27.3. The van der Waals surface area contributed by atoms with Crippen LogP contribution in [0, 0.1) is 0 Å². The minimum atomic E-state index is 0.951. The Bertz CT molecular complexity index is 2850. The van der Waals surface area contributed by atoms with E-state index in [0.29, 0.717) is 0 Å². The van der Waals surface area contributed by atoms with Gasteiger partial charge in [0.1, 0.15) is 0 Å². The number of anilines is 3. The fourth-order valence-electron chi connectivity index (χ4n) is 8.07. The minimum absolute atomic E-state index is 0.951. The smallest absolute Gasteiger partial charge is 0.0956 e. The van der Waals surface area contributed by atoms with Crippen LogP contribution in [0.15, 0.2) is 218 Å². The van der Waals surface area contributed by atoms with Crippen LogP contribution in [0.4, 0.5) is 17.1 Å². The van der Waals surface area contributed by atoms with Crippen molar-refractivity contribution >= 4 is 49.5 Å². The van der Waals surface area contributed by atoms with Gasteiger partial charge in [-0.1, -0.05) is 170 Å². The van der Waals surface area contributed by atoms with Gasteiger partial charge in [-0.15, -0.1) is 0 Å². The maximum Gasteiger partial charge on any atom is 0.0956 e. The van der Waals surface area contributed by atoms with Gasteiger partial charge in [0.15, 0.2) is 0 Å². The van der Waals surface area contributed by atoms with Crippen LogP contribution in [-0.4, -0.2) is 4.98 Å². The third-order valence-electron chi connectivity index (χ3n) is 10.6. The number of pyridine rings is 1. The van der Waals surface area contributed by atoms with Gasteiger partial charge in [0, 0.05) is 33.1 Å². The monoisotopic (exact) mass is 700 g/mol. The minimum Gasteiger partial charge on any atom is -0.308 e. The first kappa shape index (κ1) is 32.4. The van der Waals surface area contributed by atoms with Crippen molar-refractivity contribution in [3.05, 3.63) is 218 Å². The second kappa shape index (κ2) is 13.9. The zero-order valence-electron chi connectivity index (χ0n) is 30.2. The van der Waals surface area contributed by atoms with Crippen molar-refractivity contribution in [3.63, 3.8) is 0 Å². The lowest BCUT2D eigenvalue weighted by atomic mass is 9.88. The molecule has 0 amide bonds. The highest BCUT2D eigenvalue weighted by Crippen LogP contribution is 2.46. The van der Waals surface area contributed by atoms with Gasteiger partial charge in [-0.3, -0.25) is 0 Å². The zero-order chi connectivity index (χ0) is 36.6. The molecule has 0 radical (unpaired) electrons. The number of aromatic nitrogens is 1. The van der Waals surface area contributed by atoms with E-state index in [1.807, 2.05) is 0 Å². The van der Waals surface area contributed by atoms with Crippen molar-refractivity contribution in [2.24, 2.45) is 0 Å². The molecule has 0 saturated carbocycles. The van der Waals surface area contributed by atoms with Crippen molar-refractivity contribution in [1.29, 1.82) is 0 Å². The van der Waals surface area contributed by atoms with Gasteiger partial charge in [-0.25, -0.2) is 4.98 Å². The molecule has 9 aromatic carbocycles. The third-order valence-corrected chi connectivity index (χ3v) is 10.6. The van der Waals surface area contributed by atoms with Crippen LogP contribution in [0.5, 0.6) is 0 Å². The second-order valence-corrected chi connectivity index (χ2v) is 13.9. The average Bonchev–Trinajstić information content (AvgIpc) is 3.27. The van der Waals surface area contributed by atoms with Gasteiger partial charge in [0.05, 0.1) is 16.9 Å². The number of hydrogen-bond acceptors (Lipinski definition) is 2. The molecule has 2 heteroatoms. The molecule has 10 rings (SSSR count). The molecule has 1 aromatic heterocycles. The molecular formula is C53H36N2. The second-order valence-electron chi connectivity index (χ2n) is 13.9. The normalized spacial score (nSPS) is 11.3. The van der Waals surface area contributed by atoms with Gasteiger partial charge in [0.2, 0.25) is 0 Å². The molecule has 0 aliphatic heterocycles. The van der Waals surface area contributed by atoms with E-state index >= 15 is 0 Å². The van der Waals surface area contributed by atoms with Gasteiger partial charge in [-0.05, 0) is 92.7 Å². The molecule has 0 aliphatic rings. The predicted octanol–water partition coefficient (Wildman–Crippen LogP) is 14.7. The van der Waals surface area contributed by atoms with Crippen LogP contribution < -0.4 is 4.90 Å². The summed E-state index contributed by atoms with van der Waals surface area (Å²) in [6.07, 6.45) is 0. The van der Waals surface area contributed by atoms with Crippen molar-refractivity contribution in [1.82, 2.24) is 4.98 Å². The summed E-state index contributed by atoms with van der Waals surface area (Å²) in [7, 11) is 0. The summed E-state index contributed by atoms with van der Waals surface area (Å²) in [6.45, 7) is 0. The van der Waals surface area contributed by atoms with E-state index in [1.165, 1.54) is 49.5 Å². The molecule has 0 aliphatic carbocycles. The first-order valence-corrected chi connectivity index (χ1v) is 18.8. The lowest BCUT2D eigenvalue weighted by molar-refractivity contribution is 1.28. The van der Waals surface area contributed by atoms with Gasteiger partial charge < -0.3 is 4.90 Å². The highest BCUT2D eigenvalue weighted by Gasteiger charge is 2.21. The highest BCUT2D eigenvalue weighted by molar-refractivity contribution is 6.27. The Hall–Kier alpha value is -7.29. The third kappa shape index (κ3) is 5.91. The number of hydrogen-bond donors (Lipinski definition) is 0. The maximum atomic E-state index is 5.62. The molecule has 0 unspecified atom stereocenters. The van der Waals surface area contributed by atoms with Gasteiger partial charge >= 0.3 is 0 Å². The number of benzene rings is 9. The Balaban J connectivity index is 1.33. The van der Waals surface area contributed by atoms with E-state index in [1.54, 1.807) is 0 Å². The molecule has 0 N–H and O–H groups in total. The summed E-state index contributed by atoms with van der Waals surface area (Å²) in [5, 5.41) is 5.85. The fourth-order valence-corrected chi connectivity index (χ4v) is 8.07. The molecule has 0 spiro atoms. The van der Waals surface area contributed by atoms with Crippen LogP contribution in [0.1, 0.15) is 0 Å². The quantitative estimate of drug-likeness (QED) is 0.154. The van der Waals surface area contributed by atoms with Crippen LogP contribution in [0.2, 0.25) is 0 Å². The molecule has 0 fully saturated rings. The van der Waals surface area contributed by atoms with Crippen molar-refractivity contribution < 1.29 is 0 Å². The lowest BCUT2D eigenvalue weighted by Gasteiger charge is -2.27. The summed E-state index contributed by atoms with van der Waals surface area (Å²) in [5.41, 5.74) is 13.3. The van der Waals surface area contributed by atoms with E-state index in [2.05, 4.69) is 223 Å². The molecule has 0 bridgehead atoms. The van der Waals surface area contributed by atoms with E-state index in [4.69, 9.17) is 4.98 Å². The maximum absolute atomic E-state index is 5.62. The van der Waals surface area contributed by atoms with Crippen molar-refractivity contribution in [3.8, 4) is 44.6 Å². The molecule has 0 atom stereocenters. The van der Waals surface area contributed by atoms with Crippen LogP contribution in [0.25, 0.3) is 77.1 Å².